The molecule has 0 amide bonds. The van der Waals surface area contributed by atoms with E-state index in [1.165, 1.54) is 0 Å². The van der Waals surface area contributed by atoms with Crippen molar-refractivity contribution in [1.29, 1.82) is 0 Å². The summed E-state index contributed by atoms with van der Waals surface area (Å²) in [6.45, 7) is 3.96. The molecule has 1 heterocycles. The fourth-order valence-electron chi connectivity index (χ4n) is 0.763. The first-order chi connectivity index (χ1) is 5.61. The van der Waals surface area contributed by atoms with Gasteiger partial charge in [-0.25, -0.2) is 9.97 Å². The van der Waals surface area contributed by atoms with Crippen LogP contribution in [0.25, 0.3) is 0 Å². The topological polar surface area (TPSA) is 25.8 Å². The van der Waals surface area contributed by atoms with Crippen LogP contribution in [-0.2, 0) is 0 Å². The quantitative estimate of drug-likeness (QED) is 0.753. The summed E-state index contributed by atoms with van der Waals surface area (Å²) < 4.78 is 0.890. The summed E-state index contributed by atoms with van der Waals surface area (Å²) in [6, 6.07) is 0. The van der Waals surface area contributed by atoms with E-state index >= 15 is 0 Å². The molecular weight excluding hydrogens is 239 g/mol. The number of hydrogen-bond acceptors (Lipinski definition) is 2. The van der Waals surface area contributed by atoms with E-state index in [1.807, 2.05) is 13.8 Å². The standard InChI is InChI=1S/C8H10BrClN2/c1-5(6(2)10)8-11-3-7(9)4-12-8/h3-6H,1-2H3. The van der Waals surface area contributed by atoms with Crippen LogP contribution in [0.5, 0.6) is 0 Å². The summed E-state index contributed by atoms with van der Waals surface area (Å²) in [5.41, 5.74) is 0. The van der Waals surface area contributed by atoms with Crippen molar-refractivity contribution in [2.24, 2.45) is 0 Å². The Bertz CT molecular complexity index is 248. The van der Waals surface area contributed by atoms with Crippen molar-refractivity contribution < 1.29 is 0 Å². The van der Waals surface area contributed by atoms with Gasteiger partial charge in [0.2, 0.25) is 0 Å². The van der Waals surface area contributed by atoms with E-state index in [0.717, 1.165) is 10.3 Å². The summed E-state index contributed by atoms with van der Waals surface area (Å²) in [7, 11) is 0. The maximum Gasteiger partial charge on any atom is 0.132 e. The lowest BCUT2D eigenvalue weighted by atomic mass is 10.1. The number of halogens is 2. The van der Waals surface area contributed by atoms with Crippen molar-refractivity contribution in [1.82, 2.24) is 9.97 Å². The zero-order chi connectivity index (χ0) is 9.14. The Kier molecular flexibility index (Phi) is 3.47. The van der Waals surface area contributed by atoms with Crippen molar-refractivity contribution in [3.05, 3.63) is 22.7 Å². The van der Waals surface area contributed by atoms with Crippen LogP contribution in [0.1, 0.15) is 25.6 Å². The van der Waals surface area contributed by atoms with Gasteiger partial charge in [0.25, 0.3) is 0 Å². The summed E-state index contributed by atoms with van der Waals surface area (Å²) >= 11 is 9.18. The van der Waals surface area contributed by atoms with Crippen molar-refractivity contribution in [3.63, 3.8) is 0 Å². The molecule has 0 radical (unpaired) electrons. The molecule has 1 aromatic heterocycles. The fourth-order valence-corrected chi connectivity index (χ4v) is 1.08. The number of aromatic nitrogens is 2. The smallest absolute Gasteiger partial charge is 0.132 e. The van der Waals surface area contributed by atoms with Gasteiger partial charge in [-0.15, -0.1) is 11.6 Å². The van der Waals surface area contributed by atoms with Gasteiger partial charge in [-0.05, 0) is 22.9 Å². The Morgan fingerprint density at radius 1 is 1.33 bits per heavy atom. The first-order valence-corrected chi connectivity index (χ1v) is 4.95. The van der Waals surface area contributed by atoms with Gasteiger partial charge >= 0.3 is 0 Å². The summed E-state index contributed by atoms with van der Waals surface area (Å²) in [6.07, 6.45) is 3.47. The average molecular weight is 250 g/mol. The highest BCUT2D eigenvalue weighted by Gasteiger charge is 2.13. The molecule has 0 bridgehead atoms. The third-order valence-electron chi connectivity index (χ3n) is 1.74. The zero-order valence-corrected chi connectivity index (χ0v) is 9.30. The molecule has 4 heteroatoms. The van der Waals surface area contributed by atoms with Crippen LogP contribution in [0.3, 0.4) is 0 Å². The average Bonchev–Trinajstić information content (AvgIpc) is 2.04. The Balaban J connectivity index is 2.82. The highest BCUT2D eigenvalue weighted by molar-refractivity contribution is 9.10. The maximum absolute atomic E-state index is 5.91. The first kappa shape index (κ1) is 9.93. The van der Waals surface area contributed by atoms with Crippen LogP contribution in [0, 0.1) is 0 Å². The number of hydrogen-bond donors (Lipinski definition) is 0. The molecule has 1 rings (SSSR count). The van der Waals surface area contributed by atoms with E-state index in [4.69, 9.17) is 11.6 Å². The monoisotopic (exact) mass is 248 g/mol. The molecule has 1 aromatic rings. The van der Waals surface area contributed by atoms with Crippen LogP contribution in [0.2, 0.25) is 0 Å². The molecule has 12 heavy (non-hydrogen) atoms. The van der Waals surface area contributed by atoms with E-state index < -0.39 is 0 Å². The lowest BCUT2D eigenvalue weighted by Crippen LogP contribution is -2.08. The molecule has 66 valence electrons. The van der Waals surface area contributed by atoms with Gasteiger partial charge in [-0.1, -0.05) is 6.92 Å². The number of nitrogens with zero attached hydrogens (tertiary/aromatic N) is 2. The molecule has 0 aromatic carbocycles. The highest BCUT2D eigenvalue weighted by Crippen LogP contribution is 2.19. The molecule has 0 spiro atoms. The predicted molar refractivity (Wildman–Crippen MR) is 53.5 cm³/mol. The molecule has 0 aliphatic carbocycles. The fraction of sp³-hybridized carbons (Fsp3) is 0.500. The molecule has 0 N–H and O–H groups in total. The van der Waals surface area contributed by atoms with Gasteiger partial charge in [0.15, 0.2) is 0 Å². The van der Waals surface area contributed by atoms with Gasteiger partial charge in [0, 0.05) is 23.7 Å². The Morgan fingerprint density at radius 3 is 2.25 bits per heavy atom. The van der Waals surface area contributed by atoms with Crippen molar-refractivity contribution in [2.45, 2.75) is 25.1 Å². The third kappa shape index (κ3) is 2.42. The Labute approximate surface area is 85.5 Å². The van der Waals surface area contributed by atoms with Gasteiger partial charge < -0.3 is 0 Å². The van der Waals surface area contributed by atoms with Crippen molar-refractivity contribution >= 4 is 27.5 Å². The van der Waals surface area contributed by atoms with E-state index in [2.05, 4.69) is 25.9 Å². The molecule has 2 nitrogen and oxygen atoms in total. The SMILES string of the molecule is CC(Cl)C(C)c1ncc(Br)cn1. The summed E-state index contributed by atoms with van der Waals surface area (Å²) in [4.78, 5) is 8.31. The summed E-state index contributed by atoms with van der Waals surface area (Å²) in [5.74, 6) is 0.987. The highest BCUT2D eigenvalue weighted by atomic mass is 79.9. The summed E-state index contributed by atoms with van der Waals surface area (Å²) in [5, 5.41) is 0.0613. The number of alkyl halides is 1. The largest absolute Gasteiger partial charge is 0.240 e. The van der Waals surface area contributed by atoms with Crippen LogP contribution in [0.4, 0.5) is 0 Å². The van der Waals surface area contributed by atoms with Crippen LogP contribution in [-0.4, -0.2) is 15.3 Å². The van der Waals surface area contributed by atoms with Gasteiger partial charge in [0.05, 0.1) is 4.47 Å². The molecular formula is C8H10BrClN2. The van der Waals surface area contributed by atoms with Gasteiger partial charge in [-0.3, -0.25) is 0 Å². The van der Waals surface area contributed by atoms with E-state index in [-0.39, 0.29) is 11.3 Å². The second-order valence-corrected chi connectivity index (χ2v) is 4.33. The van der Waals surface area contributed by atoms with E-state index in [0.29, 0.717) is 0 Å². The predicted octanol–water partition coefficient (Wildman–Crippen LogP) is 2.97. The van der Waals surface area contributed by atoms with Crippen molar-refractivity contribution in [3.8, 4) is 0 Å². The van der Waals surface area contributed by atoms with Crippen molar-refractivity contribution in [2.75, 3.05) is 0 Å². The first-order valence-electron chi connectivity index (χ1n) is 3.72. The molecule has 0 aliphatic rings. The van der Waals surface area contributed by atoms with Crippen LogP contribution >= 0.6 is 27.5 Å². The van der Waals surface area contributed by atoms with Gasteiger partial charge in [-0.2, -0.15) is 0 Å². The minimum absolute atomic E-state index is 0.0613. The minimum atomic E-state index is 0.0613. The van der Waals surface area contributed by atoms with E-state index in [9.17, 15) is 0 Å². The molecule has 0 saturated heterocycles. The minimum Gasteiger partial charge on any atom is -0.240 e. The third-order valence-corrected chi connectivity index (χ3v) is 2.52. The molecule has 0 fully saturated rings. The molecule has 2 atom stereocenters. The normalized spacial score (nSPS) is 15.7. The molecule has 2 unspecified atom stereocenters. The Morgan fingerprint density at radius 2 is 1.83 bits per heavy atom. The second-order valence-electron chi connectivity index (χ2n) is 2.73. The van der Waals surface area contributed by atoms with Gasteiger partial charge in [0.1, 0.15) is 5.82 Å². The molecule has 0 saturated carbocycles. The Hall–Kier alpha value is -0.150. The van der Waals surface area contributed by atoms with E-state index in [1.54, 1.807) is 12.4 Å². The number of rotatable bonds is 2. The zero-order valence-electron chi connectivity index (χ0n) is 6.96. The van der Waals surface area contributed by atoms with Crippen LogP contribution < -0.4 is 0 Å². The second kappa shape index (κ2) is 4.19. The lowest BCUT2D eigenvalue weighted by molar-refractivity contribution is 0.684. The molecule has 0 aliphatic heterocycles. The van der Waals surface area contributed by atoms with Crippen LogP contribution in [0.15, 0.2) is 16.9 Å². The lowest BCUT2D eigenvalue weighted by Gasteiger charge is -2.11. The maximum atomic E-state index is 5.91.